The second-order valence-electron chi connectivity index (χ2n) is 8.72. The average Bonchev–Trinajstić information content (AvgIpc) is 2.60. The van der Waals surface area contributed by atoms with Gasteiger partial charge in [-0.25, -0.2) is 17.6 Å². The van der Waals surface area contributed by atoms with E-state index in [2.05, 4.69) is 6.92 Å². The first kappa shape index (κ1) is 19.9. The van der Waals surface area contributed by atoms with Crippen molar-refractivity contribution in [1.29, 1.82) is 0 Å². The summed E-state index contributed by atoms with van der Waals surface area (Å²) in [5.41, 5.74) is 0. The minimum atomic E-state index is -2.08. The molecular formula is C20H30F4O2. The highest BCUT2D eigenvalue weighted by molar-refractivity contribution is 5.72. The summed E-state index contributed by atoms with van der Waals surface area (Å²) in [6.07, 6.45) is -2.98. The van der Waals surface area contributed by atoms with Gasteiger partial charge >= 0.3 is 5.97 Å². The minimum absolute atomic E-state index is 0.0820. The van der Waals surface area contributed by atoms with Gasteiger partial charge in [-0.05, 0) is 69.1 Å². The number of carbonyl (C=O) groups is 1. The molecule has 150 valence electrons. The van der Waals surface area contributed by atoms with Gasteiger partial charge in [0.05, 0.1) is 5.92 Å². The Balaban J connectivity index is 1.48. The lowest BCUT2D eigenvalue weighted by atomic mass is 9.70. The van der Waals surface area contributed by atoms with Crippen molar-refractivity contribution < 1.29 is 27.1 Å². The van der Waals surface area contributed by atoms with E-state index in [4.69, 9.17) is 4.74 Å². The molecule has 3 saturated carbocycles. The molecule has 0 bridgehead atoms. The van der Waals surface area contributed by atoms with E-state index < -0.39 is 42.6 Å². The molecule has 3 aliphatic carbocycles. The Morgan fingerprint density at radius 2 is 1.42 bits per heavy atom. The molecular weight excluding hydrogens is 348 g/mol. The molecule has 0 aromatic rings. The third-order valence-corrected chi connectivity index (χ3v) is 6.76. The van der Waals surface area contributed by atoms with Crippen molar-refractivity contribution in [2.45, 2.75) is 95.5 Å². The van der Waals surface area contributed by atoms with Crippen LogP contribution in [0.25, 0.3) is 0 Å². The third kappa shape index (κ3) is 4.53. The molecule has 0 spiro atoms. The maximum Gasteiger partial charge on any atom is 0.309 e. The van der Waals surface area contributed by atoms with Gasteiger partial charge in [-0.3, -0.25) is 4.79 Å². The molecule has 5 unspecified atom stereocenters. The van der Waals surface area contributed by atoms with Crippen molar-refractivity contribution in [2.75, 3.05) is 0 Å². The normalized spacial score (nSPS) is 47.3. The Kier molecular flexibility index (Phi) is 6.50. The molecule has 0 aromatic carbocycles. The van der Waals surface area contributed by atoms with E-state index in [0.29, 0.717) is 18.8 Å². The van der Waals surface area contributed by atoms with E-state index in [1.165, 1.54) is 0 Å². The molecule has 0 amide bonds. The summed E-state index contributed by atoms with van der Waals surface area (Å²) < 4.78 is 60.8. The van der Waals surface area contributed by atoms with Crippen LogP contribution in [0.3, 0.4) is 0 Å². The number of hydrogen-bond acceptors (Lipinski definition) is 2. The smallest absolute Gasteiger partial charge is 0.309 e. The van der Waals surface area contributed by atoms with Gasteiger partial charge in [0, 0.05) is 6.42 Å². The second kappa shape index (κ2) is 8.47. The van der Waals surface area contributed by atoms with Crippen molar-refractivity contribution in [3.05, 3.63) is 0 Å². The van der Waals surface area contributed by atoms with Crippen LogP contribution in [-0.2, 0) is 9.53 Å². The molecule has 0 radical (unpaired) electrons. The van der Waals surface area contributed by atoms with E-state index >= 15 is 0 Å². The largest absolute Gasteiger partial charge is 0.462 e. The van der Waals surface area contributed by atoms with Gasteiger partial charge in [0.25, 0.3) is 0 Å². The van der Waals surface area contributed by atoms with Gasteiger partial charge < -0.3 is 4.74 Å². The molecule has 3 fully saturated rings. The van der Waals surface area contributed by atoms with Gasteiger partial charge in [0.2, 0.25) is 0 Å². The first-order chi connectivity index (χ1) is 12.3. The number of hydrogen-bond donors (Lipinski definition) is 0. The number of carbonyl (C=O) groups excluding carboxylic acids is 1. The Hall–Kier alpha value is -0.810. The van der Waals surface area contributed by atoms with Gasteiger partial charge in [-0.2, -0.15) is 0 Å². The van der Waals surface area contributed by atoms with Crippen LogP contribution in [0.4, 0.5) is 17.6 Å². The Morgan fingerprint density at radius 1 is 0.808 bits per heavy atom. The van der Waals surface area contributed by atoms with Crippen molar-refractivity contribution in [3.8, 4) is 0 Å². The monoisotopic (exact) mass is 378 g/mol. The standard InChI is InChI=1S/C20H30F4O2/c1-11-2-4-12(5-3-11)20(25)26-14-6-7-15(16(21)10-14)13-8-17(22)19(24)18(23)9-13/h11-19H,2-10H2,1H3. The Bertz CT molecular complexity index is 468. The average molecular weight is 378 g/mol. The van der Waals surface area contributed by atoms with Crippen LogP contribution < -0.4 is 0 Å². The van der Waals surface area contributed by atoms with Gasteiger partial charge in [-0.15, -0.1) is 0 Å². The third-order valence-electron chi connectivity index (χ3n) is 6.76. The molecule has 0 N–H and O–H groups in total. The number of ether oxygens (including phenoxy) is 1. The summed E-state index contributed by atoms with van der Waals surface area (Å²) in [5, 5.41) is 0. The topological polar surface area (TPSA) is 26.3 Å². The molecule has 0 heterocycles. The van der Waals surface area contributed by atoms with E-state index in [9.17, 15) is 22.4 Å². The zero-order valence-electron chi connectivity index (χ0n) is 15.4. The second-order valence-corrected chi connectivity index (χ2v) is 8.72. The molecule has 5 atom stereocenters. The predicted octanol–water partition coefficient (Wildman–Crippen LogP) is 5.29. The van der Waals surface area contributed by atoms with Crippen LogP contribution >= 0.6 is 0 Å². The molecule has 0 aromatic heterocycles. The van der Waals surface area contributed by atoms with Gasteiger partial charge in [0.1, 0.15) is 24.6 Å². The van der Waals surface area contributed by atoms with Crippen molar-refractivity contribution >= 4 is 5.97 Å². The summed E-state index contributed by atoms with van der Waals surface area (Å²) in [6.45, 7) is 2.18. The number of alkyl halides is 4. The Morgan fingerprint density at radius 3 is 2.00 bits per heavy atom. The van der Waals surface area contributed by atoms with E-state index in [0.717, 1.165) is 25.7 Å². The highest BCUT2D eigenvalue weighted by Gasteiger charge is 2.45. The predicted molar refractivity (Wildman–Crippen MR) is 90.7 cm³/mol. The van der Waals surface area contributed by atoms with Crippen LogP contribution in [-0.4, -0.2) is 36.8 Å². The molecule has 0 aliphatic heterocycles. The molecule has 6 heteroatoms. The summed E-state index contributed by atoms with van der Waals surface area (Å²) in [5.74, 6) is -0.606. The van der Waals surface area contributed by atoms with Crippen LogP contribution in [0.1, 0.15) is 64.7 Å². The lowest BCUT2D eigenvalue weighted by Gasteiger charge is -2.40. The highest BCUT2D eigenvalue weighted by Crippen LogP contribution is 2.43. The molecule has 3 aliphatic rings. The first-order valence-electron chi connectivity index (χ1n) is 10.1. The lowest BCUT2D eigenvalue weighted by Crippen LogP contribution is -2.44. The van der Waals surface area contributed by atoms with E-state index in [1.807, 2.05) is 0 Å². The highest BCUT2D eigenvalue weighted by atomic mass is 19.2. The number of rotatable bonds is 3. The molecule has 0 saturated heterocycles. The maximum absolute atomic E-state index is 14.6. The van der Waals surface area contributed by atoms with E-state index in [-0.39, 0.29) is 31.1 Å². The number of halogens is 4. The molecule has 2 nitrogen and oxygen atoms in total. The summed E-state index contributed by atoms with van der Waals surface area (Å²) in [4.78, 5) is 12.3. The SMILES string of the molecule is CC1CCC(C(=O)OC2CCC(C3CC(F)C(F)C(F)C3)C(F)C2)CC1. The quantitative estimate of drug-likeness (QED) is 0.493. The summed E-state index contributed by atoms with van der Waals surface area (Å²) in [7, 11) is 0. The fraction of sp³-hybridized carbons (Fsp3) is 0.950. The van der Waals surface area contributed by atoms with Crippen LogP contribution in [0.5, 0.6) is 0 Å². The number of esters is 1. The van der Waals surface area contributed by atoms with Gasteiger partial charge in [-0.1, -0.05) is 6.92 Å². The first-order valence-corrected chi connectivity index (χ1v) is 10.1. The minimum Gasteiger partial charge on any atom is -0.462 e. The summed E-state index contributed by atoms with van der Waals surface area (Å²) >= 11 is 0. The van der Waals surface area contributed by atoms with Crippen LogP contribution in [0, 0.1) is 23.7 Å². The zero-order chi connectivity index (χ0) is 18.8. The van der Waals surface area contributed by atoms with Crippen molar-refractivity contribution in [2.24, 2.45) is 23.7 Å². The van der Waals surface area contributed by atoms with Crippen molar-refractivity contribution in [1.82, 2.24) is 0 Å². The fourth-order valence-electron chi connectivity index (χ4n) is 5.01. The Labute approximate surface area is 153 Å². The van der Waals surface area contributed by atoms with Crippen LogP contribution in [0.15, 0.2) is 0 Å². The zero-order valence-corrected chi connectivity index (χ0v) is 15.4. The van der Waals surface area contributed by atoms with Crippen molar-refractivity contribution in [3.63, 3.8) is 0 Å². The maximum atomic E-state index is 14.6. The molecule has 3 rings (SSSR count). The molecule has 26 heavy (non-hydrogen) atoms. The lowest BCUT2D eigenvalue weighted by molar-refractivity contribution is -0.159. The van der Waals surface area contributed by atoms with Crippen LogP contribution in [0.2, 0.25) is 0 Å². The van der Waals surface area contributed by atoms with E-state index in [1.54, 1.807) is 0 Å². The summed E-state index contributed by atoms with van der Waals surface area (Å²) in [6, 6.07) is 0. The van der Waals surface area contributed by atoms with Gasteiger partial charge in [0.15, 0.2) is 6.17 Å². The fourth-order valence-corrected chi connectivity index (χ4v) is 5.01.